The zero-order valence-corrected chi connectivity index (χ0v) is 22.0. The molecule has 32 heavy (non-hydrogen) atoms. The summed E-state index contributed by atoms with van der Waals surface area (Å²) in [6.45, 7) is 19.3. The second-order valence-corrected chi connectivity index (χ2v) is 14.1. The molecular formula is C31H50O. The van der Waals surface area contributed by atoms with Crippen molar-refractivity contribution in [1.82, 2.24) is 0 Å². The van der Waals surface area contributed by atoms with Crippen LogP contribution in [0, 0.1) is 51.2 Å². The van der Waals surface area contributed by atoms with E-state index < -0.39 is 0 Å². The van der Waals surface area contributed by atoms with Crippen molar-refractivity contribution in [3.63, 3.8) is 0 Å². The number of aliphatic hydroxyl groups excluding tert-OH is 1. The third-order valence-corrected chi connectivity index (χ3v) is 12.6. The Labute approximate surface area is 198 Å². The molecule has 0 aromatic carbocycles. The summed E-state index contributed by atoms with van der Waals surface area (Å²) >= 11 is 0. The normalized spacial score (nSPS) is 48.8. The van der Waals surface area contributed by atoms with Gasteiger partial charge in [0.25, 0.3) is 0 Å². The molecule has 0 bridgehead atoms. The standard InChI is InChI=1S/C31H50O/c1-20(2)24(21(3)4)9-8-22(5)25-11-14-29(7)26-13-16-30-18-23(32)10-17-31(30,19-30)27(26)12-15-28(25,29)6/h12,21-26,32H,1,8-11,13-19H2,2-7H3/t22-,23+,24+,25-,26-,28-,29+,30-,31+/m1/s1. The van der Waals surface area contributed by atoms with Crippen LogP contribution in [0.5, 0.6) is 0 Å². The lowest BCUT2D eigenvalue weighted by Crippen LogP contribution is -2.50. The number of rotatable bonds is 6. The molecular weight excluding hydrogens is 388 g/mol. The summed E-state index contributed by atoms with van der Waals surface area (Å²) in [6, 6.07) is 0. The largest absolute Gasteiger partial charge is 0.393 e. The SMILES string of the molecule is C=C(C)[C@H](CC[C@@H](C)[C@H]1CC[C@@]2(C)[C@@H]3CC[C@]45C[C@@H](O)CC[C@]4(C5)C3=CC[C@]12C)C(C)C. The predicted octanol–water partition coefficient (Wildman–Crippen LogP) is 8.34. The summed E-state index contributed by atoms with van der Waals surface area (Å²) in [7, 11) is 0. The van der Waals surface area contributed by atoms with Gasteiger partial charge in [0, 0.05) is 0 Å². The molecule has 0 heterocycles. The Morgan fingerprint density at radius 3 is 2.50 bits per heavy atom. The molecule has 0 aromatic rings. The van der Waals surface area contributed by atoms with Crippen LogP contribution in [0.4, 0.5) is 0 Å². The van der Waals surface area contributed by atoms with Crippen molar-refractivity contribution < 1.29 is 5.11 Å². The van der Waals surface area contributed by atoms with E-state index in [0.717, 1.165) is 30.6 Å². The van der Waals surface area contributed by atoms with Crippen LogP contribution in [-0.4, -0.2) is 11.2 Å². The Balaban J connectivity index is 1.36. The Morgan fingerprint density at radius 1 is 1.06 bits per heavy atom. The zero-order chi connectivity index (χ0) is 23.1. The molecule has 4 saturated carbocycles. The van der Waals surface area contributed by atoms with Gasteiger partial charge in [-0.1, -0.05) is 58.4 Å². The van der Waals surface area contributed by atoms with Crippen LogP contribution in [-0.2, 0) is 0 Å². The van der Waals surface area contributed by atoms with E-state index in [2.05, 4.69) is 54.2 Å². The minimum Gasteiger partial charge on any atom is -0.393 e. The Morgan fingerprint density at radius 2 is 1.81 bits per heavy atom. The monoisotopic (exact) mass is 438 g/mol. The van der Waals surface area contributed by atoms with Gasteiger partial charge in [-0.15, -0.1) is 0 Å². The number of hydrogen-bond acceptors (Lipinski definition) is 1. The maximum Gasteiger partial charge on any atom is 0.0546 e. The second kappa shape index (κ2) is 7.47. The molecule has 1 N–H and O–H groups in total. The Hall–Kier alpha value is -0.560. The summed E-state index contributed by atoms with van der Waals surface area (Å²) in [5, 5.41) is 10.4. The third kappa shape index (κ3) is 2.98. The summed E-state index contributed by atoms with van der Waals surface area (Å²) in [5.74, 6) is 3.86. The predicted molar refractivity (Wildman–Crippen MR) is 135 cm³/mol. The van der Waals surface area contributed by atoms with Gasteiger partial charge in [0.15, 0.2) is 0 Å². The lowest BCUT2D eigenvalue weighted by Gasteiger charge is -2.58. The van der Waals surface area contributed by atoms with Crippen molar-refractivity contribution in [3.8, 4) is 0 Å². The first-order valence-corrected chi connectivity index (χ1v) is 14.0. The quantitative estimate of drug-likeness (QED) is 0.413. The number of fused-ring (bicyclic) bond motifs is 3. The highest BCUT2D eigenvalue weighted by atomic mass is 16.3. The highest BCUT2D eigenvalue weighted by Crippen LogP contribution is 2.83. The Bertz CT molecular complexity index is 803. The van der Waals surface area contributed by atoms with Crippen molar-refractivity contribution in [2.24, 2.45) is 51.2 Å². The fourth-order valence-electron chi connectivity index (χ4n) is 10.5. The van der Waals surface area contributed by atoms with Crippen LogP contribution >= 0.6 is 0 Å². The molecule has 1 nitrogen and oxygen atoms in total. The van der Waals surface area contributed by atoms with E-state index in [1.54, 1.807) is 0 Å². The van der Waals surface area contributed by atoms with Crippen LogP contribution in [0.1, 0.15) is 112 Å². The van der Waals surface area contributed by atoms with Crippen molar-refractivity contribution in [3.05, 3.63) is 23.8 Å². The van der Waals surface area contributed by atoms with E-state index in [9.17, 15) is 5.11 Å². The topological polar surface area (TPSA) is 20.2 Å². The second-order valence-electron chi connectivity index (χ2n) is 14.1. The molecule has 4 fully saturated rings. The van der Waals surface area contributed by atoms with Crippen LogP contribution in [0.15, 0.2) is 23.8 Å². The molecule has 0 aromatic heterocycles. The van der Waals surface area contributed by atoms with Crippen LogP contribution in [0.3, 0.4) is 0 Å². The van der Waals surface area contributed by atoms with E-state index in [4.69, 9.17) is 0 Å². The van der Waals surface area contributed by atoms with Gasteiger partial charge in [-0.05, 0) is 129 Å². The first-order chi connectivity index (χ1) is 15.0. The lowest BCUT2D eigenvalue weighted by atomic mass is 9.47. The minimum absolute atomic E-state index is 0.0298. The first-order valence-electron chi connectivity index (χ1n) is 14.0. The lowest BCUT2D eigenvalue weighted by molar-refractivity contribution is -0.0342. The van der Waals surface area contributed by atoms with E-state index in [1.165, 1.54) is 63.4 Å². The molecule has 0 saturated heterocycles. The molecule has 0 spiro atoms. The third-order valence-electron chi connectivity index (χ3n) is 12.6. The van der Waals surface area contributed by atoms with Gasteiger partial charge in [-0.2, -0.15) is 0 Å². The van der Waals surface area contributed by atoms with Gasteiger partial charge in [-0.3, -0.25) is 0 Å². The zero-order valence-electron chi connectivity index (χ0n) is 22.0. The highest BCUT2D eigenvalue weighted by Gasteiger charge is 2.75. The van der Waals surface area contributed by atoms with Crippen LogP contribution < -0.4 is 0 Å². The van der Waals surface area contributed by atoms with E-state index in [0.29, 0.717) is 33.5 Å². The molecule has 5 aliphatic carbocycles. The first kappa shape index (κ1) is 23.2. The van der Waals surface area contributed by atoms with E-state index in [1.807, 2.05) is 5.57 Å². The average molecular weight is 439 g/mol. The Kier molecular flexibility index (Phi) is 5.41. The summed E-state index contributed by atoms with van der Waals surface area (Å²) < 4.78 is 0. The summed E-state index contributed by atoms with van der Waals surface area (Å²) in [4.78, 5) is 0. The summed E-state index contributed by atoms with van der Waals surface area (Å²) in [5.41, 5.74) is 5.17. The molecule has 5 aliphatic rings. The number of hydrogen-bond donors (Lipinski definition) is 1. The van der Waals surface area contributed by atoms with Crippen LogP contribution in [0.2, 0.25) is 0 Å². The van der Waals surface area contributed by atoms with Crippen LogP contribution in [0.25, 0.3) is 0 Å². The summed E-state index contributed by atoms with van der Waals surface area (Å²) in [6.07, 6.45) is 17.1. The molecule has 5 rings (SSSR count). The molecule has 180 valence electrons. The van der Waals surface area contributed by atoms with Crippen molar-refractivity contribution in [1.29, 1.82) is 0 Å². The van der Waals surface area contributed by atoms with Gasteiger partial charge in [0.1, 0.15) is 0 Å². The maximum atomic E-state index is 10.4. The van der Waals surface area contributed by atoms with Gasteiger partial charge >= 0.3 is 0 Å². The van der Waals surface area contributed by atoms with E-state index >= 15 is 0 Å². The molecule has 0 radical (unpaired) electrons. The average Bonchev–Trinajstić information content (AvgIpc) is 3.31. The maximum absolute atomic E-state index is 10.4. The van der Waals surface area contributed by atoms with E-state index in [-0.39, 0.29) is 6.10 Å². The number of aliphatic hydroxyl groups is 1. The molecule has 9 atom stereocenters. The molecule has 1 heteroatoms. The fraction of sp³-hybridized carbons (Fsp3) is 0.871. The molecule has 0 amide bonds. The fourth-order valence-corrected chi connectivity index (χ4v) is 10.5. The highest BCUT2D eigenvalue weighted by molar-refractivity contribution is 5.41. The van der Waals surface area contributed by atoms with Crippen molar-refractivity contribution >= 4 is 0 Å². The van der Waals surface area contributed by atoms with Gasteiger partial charge < -0.3 is 5.11 Å². The van der Waals surface area contributed by atoms with Crippen molar-refractivity contribution in [2.45, 2.75) is 118 Å². The number of allylic oxidation sites excluding steroid dienone is 3. The molecule has 0 aliphatic heterocycles. The molecule has 0 unspecified atom stereocenters. The smallest absolute Gasteiger partial charge is 0.0546 e. The van der Waals surface area contributed by atoms with Gasteiger partial charge in [0.2, 0.25) is 0 Å². The van der Waals surface area contributed by atoms with Crippen molar-refractivity contribution in [2.75, 3.05) is 0 Å². The van der Waals surface area contributed by atoms with Gasteiger partial charge in [-0.25, -0.2) is 0 Å². The van der Waals surface area contributed by atoms with Gasteiger partial charge in [0.05, 0.1) is 6.10 Å². The minimum atomic E-state index is -0.0298.